The Balaban J connectivity index is 2.25. The van der Waals surface area contributed by atoms with Crippen LogP contribution in [0, 0.1) is 12.7 Å². The second-order valence-electron chi connectivity index (χ2n) is 4.46. The number of nitrogens with zero attached hydrogens (tertiary/aromatic N) is 1. The zero-order valence-corrected chi connectivity index (χ0v) is 10.0. The Morgan fingerprint density at radius 1 is 1.44 bits per heavy atom. The normalized spacial score (nSPS) is 19.0. The fourth-order valence-electron chi connectivity index (χ4n) is 2.21. The van der Waals surface area contributed by atoms with Crippen molar-refractivity contribution in [3.63, 3.8) is 0 Å². The molecular weight excluding hydrogens is 237 g/mol. The van der Waals surface area contributed by atoms with Crippen molar-refractivity contribution >= 4 is 11.9 Å². The number of hydrogen-bond donors (Lipinski definition) is 1. The summed E-state index contributed by atoms with van der Waals surface area (Å²) < 4.78 is 13.1. The molecule has 18 heavy (non-hydrogen) atoms. The standard InChI is InChI=1S/C13H14FNO3/c1-8-7-9(4-5-10(8)14)12(16)15-6-2-3-11(15)13(17)18/h4-5,7,11H,2-3,6H2,1H3,(H,17,18). The van der Waals surface area contributed by atoms with Crippen LogP contribution in [-0.2, 0) is 4.79 Å². The van der Waals surface area contributed by atoms with E-state index in [9.17, 15) is 14.0 Å². The summed E-state index contributed by atoms with van der Waals surface area (Å²) >= 11 is 0. The molecule has 1 saturated heterocycles. The van der Waals surface area contributed by atoms with Crippen LogP contribution in [0.2, 0.25) is 0 Å². The van der Waals surface area contributed by atoms with Gasteiger partial charge in [0.1, 0.15) is 11.9 Å². The molecule has 0 saturated carbocycles. The van der Waals surface area contributed by atoms with Crippen LogP contribution in [0.15, 0.2) is 18.2 Å². The molecule has 0 spiro atoms. The lowest BCUT2D eigenvalue weighted by Gasteiger charge is -2.21. The van der Waals surface area contributed by atoms with Crippen LogP contribution in [0.5, 0.6) is 0 Å². The lowest BCUT2D eigenvalue weighted by atomic mass is 10.1. The molecule has 1 heterocycles. The van der Waals surface area contributed by atoms with Crippen molar-refractivity contribution in [1.29, 1.82) is 0 Å². The molecule has 1 atom stereocenters. The van der Waals surface area contributed by atoms with E-state index in [-0.39, 0.29) is 11.7 Å². The summed E-state index contributed by atoms with van der Waals surface area (Å²) in [6.45, 7) is 2.01. The third-order valence-electron chi connectivity index (χ3n) is 3.20. The average Bonchev–Trinajstić information content (AvgIpc) is 2.81. The minimum Gasteiger partial charge on any atom is -0.480 e. The van der Waals surface area contributed by atoms with Crippen molar-refractivity contribution in [2.24, 2.45) is 0 Å². The Bertz CT molecular complexity index is 501. The van der Waals surface area contributed by atoms with E-state index in [0.717, 1.165) is 0 Å². The highest BCUT2D eigenvalue weighted by atomic mass is 19.1. The zero-order valence-electron chi connectivity index (χ0n) is 10.0. The van der Waals surface area contributed by atoms with E-state index in [0.29, 0.717) is 30.5 Å². The fourth-order valence-corrected chi connectivity index (χ4v) is 2.21. The Morgan fingerprint density at radius 3 is 2.78 bits per heavy atom. The molecule has 1 aromatic carbocycles. The van der Waals surface area contributed by atoms with Gasteiger partial charge in [-0.1, -0.05) is 0 Å². The third kappa shape index (κ3) is 2.20. The quantitative estimate of drug-likeness (QED) is 0.872. The maximum Gasteiger partial charge on any atom is 0.326 e. The van der Waals surface area contributed by atoms with Crippen molar-refractivity contribution in [1.82, 2.24) is 4.90 Å². The van der Waals surface area contributed by atoms with Crippen molar-refractivity contribution in [2.45, 2.75) is 25.8 Å². The molecule has 0 aliphatic carbocycles. The summed E-state index contributed by atoms with van der Waals surface area (Å²) in [5.41, 5.74) is 0.717. The van der Waals surface area contributed by atoms with Gasteiger partial charge in [0.25, 0.3) is 5.91 Å². The topological polar surface area (TPSA) is 57.6 Å². The molecule has 1 amide bonds. The van der Waals surface area contributed by atoms with Gasteiger partial charge in [0.15, 0.2) is 0 Å². The Kier molecular flexibility index (Phi) is 3.32. The minimum atomic E-state index is -0.986. The Morgan fingerprint density at radius 2 is 2.17 bits per heavy atom. The van der Waals surface area contributed by atoms with Gasteiger partial charge in [0.2, 0.25) is 0 Å². The smallest absolute Gasteiger partial charge is 0.326 e. The number of amides is 1. The van der Waals surface area contributed by atoms with Crippen LogP contribution >= 0.6 is 0 Å². The number of carbonyl (C=O) groups excluding carboxylic acids is 1. The van der Waals surface area contributed by atoms with E-state index in [1.807, 2.05) is 0 Å². The summed E-state index contributed by atoms with van der Waals surface area (Å²) in [5.74, 6) is -1.70. The number of benzene rings is 1. The van der Waals surface area contributed by atoms with Crippen LogP contribution < -0.4 is 0 Å². The van der Waals surface area contributed by atoms with Crippen LogP contribution in [0.25, 0.3) is 0 Å². The van der Waals surface area contributed by atoms with Crippen LogP contribution in [-0.4, -0.2) is 34.5 Å². The molecule has 0 aromatic heterocycles. The predicted molar refractivity (Wildman–Crippen MR) is 62.8 cm³/mol. The van der Waals surface area contributed by atoms with E-state index in [1.165, 1.54) is 23.1 Å². The number of carboxylic acids is 1. The second kappa shape index (κ2) is 4.76. The first-order chi connectivity index (χ1) is 8.50. The number of carboxylic acid groups (broad SMARTS) is 1. The van der Waals surface area contributed by atoms with Gasteiger partial charge in [-0.05, 0) is 43.5 Å². The van der Waals surface area contributed by atoms with E-state index in [2.05, 4.69) is 0 Å². The van der Waals surface area contributed by atoms with E-state index >= 15 is 0 Å². The molecule has 5 heteroatoms. The first-order valence-electron chi connectivity index (χ1n) is 5.80. The van der Waals surface area contributed by atoms with Gasteiger partial charge in [-0.25, -0.2) is 9.18 Å². The van der Waals surface area contributed by atoms with Crippen LogP contribution in [0.3, 0.4) is 0 Å². The Hall–Kier alpha value is -1.91. The van der Waals surface area contributed by atoms with Crippen molar-refractivity contribution in [3.8, 4) is 0 Å². The molecule has 1 fully saturated rings. The zero-order chi connectivity index (χ0) is 13.3. The summed E-state index contributed by atoms with van der Waals surface area (Å²) in [6, 6.07) is 3.31. The number of likely N-dealkylation sites (tertiary alicyclic amines) is 1. The molecule has 1 aromatic rings. The molecule has 0 radical (unpaired) electrons. The second-order valence-corrected chi connectivity index (χ2v) is 4.46. The van der Waals surface area contributed by atoms with Gasteiger partial charge < -0.3 is 10.0 Å². The van der Waals surface area contributed by atoms with Gasteiger partial charge in [0.05, 0.1) is 0 Å². The van der Waals surface area contributed by atoms with E-state index in [4.69, 9.17) is 5.11 Å². The summed E-state index contributed by atoms with van der Waals surface area (Å²) in [4.78, 5) is 24.5. The molecule has 1 unspecified atom stereocenters. The minimum absolute atomic E-state index is 0.335. The first kappa shape index (κ1) is 12.5. The SMILES string of the molecule is Cc1cc(C(=O)N2CCCC2C(=O)O)ccc1F. The van der Waals surface area contributed by atoms with Crippen molar-refractivity contribution < 1.29 is 19.1 Å². The number of rotatable bonds is 2. The molecule has 96 valence electrons. The van der Waals surface area contributed by atoms with Gasteiger partial charge in [0, 0.05) is 12.1 Å². The maximum absolute atomic E-state index is 13.1. The fraction of sp³-hybridized carbons (Fsp3) is 0.385. The largest absolute Gasteiger partial charge is 0.480 e. The monoisotopic (exact) mass is 251 g/mol. The molecule has 1 N–H and O–H groups in total. The highest BCUT2D eigenvalue weighted by Crippen LogP contribution is 2.21. The summed E-state index contributed by atoms with van der Waals surface area (Å²) in [6.07, 6.45) is 1.16. The molecular formula is C13H14FNO3. The van der Waals surface area contributed by atoms with Gasteiger partial charge >= 0.3 is 5.97 Å². The molecule has 0 bridgehead atoms. The molecule has 1 aliphatic rings. The molecule has 1 aliphatic heterocycles. The van der Waals surface area contributed by atoms with E-state index in [1.54, 1.807) is 6.92 Å². The average molecular weight is 251 g/mol. The highest BCUT2D eigenvalue weighted by Gasteiger charge is 2.34. The maximum atomic E-state index is 13.1. The molecule has 2 rings (SSSR count). The summed E-state index contributed by atoms with van der Waals surface area (Å²) in [5, 5.41) is 9.02. The number of aryl methyl sites for hydroxylation is 1. The van der Waals surface area contributed by atoms with Crippen molar-refractivity contribution in [2.75, 3.05) is 6.54 Å². The predicted octanol–water partition coefficient (Wildman–Crippen LogP) is 1.82. The number of hydrogen-bond acceptors (Lipinski definition) is 2. The highest BCUT2D eigenvalue weighted by molar-refractivity contribution is 5.97. The summed E-state index contributed by atoms with van der Waals surface area (Å²) in [7, 11) is 0. The lowest BCUT2D eigenvalue weighted by molar-refractivity contribution is -0.141. The van der Waals surface area contributed by atoms with E-state index < -0.39 is 12.0 Å². The number of aliphatic carboxylic acids is 1. The number of carbonyl (C=O) groups is 2. The third-order valence-corrected chi connectivity index (χ3v) is 3.20. The first-order valence-corrected chi connectivity index (χ1v) is 5.80. The van der Waals surface area contributed by atoms with Crippen LogP contribution in [0.4, 0.5) is 4.39 Å². The molecule has 4 nitrogen and oxygen atoms in total. The van der Waals surface area contributed by atoms with Gasteiger partial charge in [-0.15, -0.1) is 0 Å². The van der Waals surface area contributed by atoms with Crippen LogP contribution in [0.1, 0.15) is 28.8 Å². The Labute approximate surface area is 104 Å². The van der Waals surface area contributed by atoms with Crippen molar-refractivity contribution in [3.05, 3.63) is 35.1 Å². The van der Waals surface area contributed by atoms with Gasteiger partial charge in [-0.3, -0.25) is 4.79 Å². The lowest BCUT2D eigenvalue weighted by Crippen LogP contribution is -2.40. The van der Waals surface area contributed by atoms with Gasteiger partial charge in [-0.2, -0.15) is 0 Å². The number of halogens is 1.